The van der Waals surface area contributed by atoms with Gasteiger partial charge in [-0.25, -0.2) is 0 Å². The quantitative estimate of drug-likeness (QED) is 0.414. The molecular weight excluding hydrogens is 380 g/mol. The molecule has 1 aliphatic heterocycles. The minimum atomic E-state index is 0.0295. The van der Waals surface area contributed by atoms with Crippen molar-refractivity contribution < 1.29 is 4.79 Å². The van der Waals surface area contributed by atoms with E-state index < -0.39 is 0 Å². The van der Waals surface area contributed by atoms with E-state index in [0.717, 1.165) is 48.0 Å². The minimum absolute atomic E-state index is 0.0295. The van der Waals surface area contributed by atoms with Crippen LogP contribution in [0, 0.1) is 0 Å². The van der Waals surface area contributed by atoms with E-state index in [1.54, 1.807) is 6.08 Å². The normalized spacial score (nSPS) is 14.4. The standard InChI is InChI=1S/C25H23ClN2O/c26-23-7-4-8-24(19-23)28-17-15-27(16-18-28)14-13-25(29)22-11-9-21(10-12-22)20-5-2-1-3-6-20/h1-14,19H,15-18H2/b14-13+. The lowest BCUT2D eigenvalue weighted by Crippen LogP contribution is -2.44. The van der Waals surface area contributed by atoms with Crippen LogP contribution in [0.2, 0.25) is 5.02 Å². The van der Waals surface area contributed by atoms with E-state index in [1.807, 2.05) is 66.9 Å². The van der Waals surface area contributed by atoms with Crippen molar-refractivity contribution in [3.05, 3.63) is 102 Å². The Balaban J connectivity index is 1.33. The smallest absolute Gasteiger partial charge is 0.187 e. The van der Waals surface area contributed by atoms with Crippen LogP contribution in [0.1, 0.15) is 10.4 Å². The highest BCUT2D eigenvalue weighted by Gasteiger charge is 2.15. The second-order valence-electron chi connectivity index (χ2n) is 7.13. The van der Waals surface area contributed by atoms with Crippen LogP contribution in [-0.2, 0) is 0 Å². The second-order valence-corrected chi connectivity index (χ2v) is 7.56. The number of benzene rings is 3. The predicted octanol–water partition coefficient (Wildman–Crippen LogP) is 5.53. The molecule has 0 N–H and O–H groups in total. The highest BCUT2D eigenvalue weighted by molar-refractivity contribution is 6.30. The summed E-state index contributed by atoms with van der Waals surface area (Å²) in [6, 6.07) is 25.9. The fraction of sp³-hybridized carbons (Fsp3) is 0.160. The van der Waals surface area contributed by atoms with Crippen molar-refractivity contribution in [3.63, 3.8) is 0 Å². The number of ketones is 1. The van der Waals surface area contributed by atoms with Crippen molar-refractivity contribution in [1.29, 1.82) is 0 Å². The van der Waals surface area contributed by atoms with Crippen molar-refractivity contribution in [2.24, 2.45) is 0 Å². The van der Waals surface area contributed by atoms with Gasteiger partial charge in [-0.2, -0.15) is 0 Å². The molecule has 4 heteroatoms. The molecule has 1 fully saturated rings. The molecule has 0 radical (unpaired) electrons. The highest BCUT2D eigenvalue weighted by atomic mass is 35.5. The number of piperazine rings is 1. The minimum Gasteiger partial charge on any atom is -0.374 e. The van der Waals surface area contributed by atoms with E-state index in [4.69, 9.17) is 11.6 Å². The lowest BCUT2D eigenvalue weighted by atomic mass is 10.0. The molecule has 3 aromatic rings. The first-order valence-corrected chi connectivity index (χ1v) is 10.2. The molecule has 29 heavy (non-hydrogen) atoms. The van der Waals surface area contributed by atoms with E-state index in [-0.39, 0.29) is 5.78 Å². The summed E-state index contributed by atoms with van der Waals surface area (Å²) in [6.45, 7) is 3.57. The van der Waals surface area contributed by atoms with Gasteiger partial charge in [0.25, 0.3) is 0 Å². The number of carbonyl (C=O) groups is 1. The first-order chi connectivity index (χ1) is 14.2. The van der Waals surface area contributed by atoms with Crippen molar-refractivity contribution in [3.8, 4) is 11.1 Å². The average molecular weight is 403 g/mol. The van der Waals surface area contributed by atoms with Crippen molar-refractivity contribution in [2.75, 3.05) is 31.1 Å². The number of allylic oxidation sites excluding steroid dienone is 1. The third-order valence-corrected chi connectivity index (χ3v) is 5.44. The fourth-order valence-corrected chi connectivity index (χ4v) is 3.71. The molecule has 3 aromatic carbocycles. The van der Waals surface area contributed by atoms with E-state index >= 15 is 0 Å². The summed E-state index contributed by atoms with van der Waals surface area (Å²) in [4.78, 5) is 17.0. The van der Waals surface area contributed by atoms with Crippen molar-refractivity contribution >= 4 is 23.1 Å². The lowest BCUT2D eigenvalue weighted by Gasteiger charge is -2.35. The molecule has 4 rings (SSSR count). The summed E-state index contributed by atoms with van der Waals surface area (Å²) in [5, 5.41) is 0.758. The van der Waals surface area contributed by atoms with Crippen LogP contribution >= 0.6 is 11.6 Å². The van der Waals surface area contributed by atoms with Gasteiger partial charge in [0.2, 0.25) is 0 Å². The number of hydrogen-bond donors (Lipinski definition) is 0. The molecule has 0 bridgehead atoms. The molecule has 1 aliphatic rings. The molecule has 0 amide bonds. The van der Waals surface area contributed by atoms with Crippen molar-refractivity contribution in [2.45, 2.75) is 0 Å². The predicted molar refractivity (Wildman–Crippen MR) is 121 cm³/mol. The Labute approximate surface area is 176 Å². The Morgan fingerprint density at radius 2 is 1.48 bits per heavy atom. The number of halogens is 1. The largest absolute Gasteiger partial charge is 0.374 e. The van der Waals surface area contributed by atoms with Gasteiger partial charge < -0.3 is 9.80 Å². The van der Waals surface area contributed by atoms with Gasteiger partial charge in [-0.05, 0) is 29.3 Å². The summed E-state index contributed by atoms with van der Waals surface area (Å²) >= 11 is 6.09. The zero-order valence-electron chi connectivity index (χ0n) is 16.2. The number of carbonyl (C=O) groups excluding carboxylic acids is 1. The summed E-state index contributed by atoms with van der Waals surface area (Å²) in [5.41, 5.74) is 4.12. The van der Waals surface area contributed by atoms with Crippen LogP contribution in [0.25, 0.3) is 11.1 Å². The molecule has 0 saturated carbocycles. The summed E-state index contributed by atoms with van der Waals surface area (Å²) in [5.74, 6) is 0.0295. The Morgan fingerprint density at radius 1 is 0.793 bits per heavy atom. The van der Waals surface area contributed by atoms with Gasteiger partial charge in [-0.1, -0.05) is 72.3 Å². The molecule has 0 aliphatic carbocycles. The number of rotatable bonds is 5. The molecule has 0 aromatic heterocycles. The molecule has 3 nitrogen and oxygen atoms in total. The lowest BCUT2D eigenvalue weighted by molar-refractivity contribution is 0.104. The van der Waals surface area contributed by atoms with Gasteiger partial charge in [-0.15, -0.1) is 0 Å². The number of hydrogen-bond acceptors (Lipinski definition) is 3. The Bertz CT molecular complexity index is 991. The molecule has 1 saturated heterocycles. The molecule has 146 valence electrons. The van der Waals surface area contributed by atoms with Gasteiger partial charge in [-0.3, -0.25) is 4.79 Å². The second kappa shape index (κ2) is 8.97. The summed E-state index contributed by atoms with van der Waals surface area (Å²) < 4.78 is 0. The van der Waals surface area contributed by atoms with Crippen LogP contribution in [-0.4, -0.2) is 36.9 Å². The Kier molecular flexibility index (Phi) is 5.97. The third-order valence-electron chi connectivity index (χ3n) is 5.20. The first-order valence-electron chi connectivity index (χ1n) is 9.82. The summed E-state index contributed by atoms with van der Waals surface area (Å²) in [7, 11) is 0. The molecule has 1 heterocycles. The number of anilines is 1. The van der Waals surface area contributed by atoms with Gasteiger partial charge in [0.05, 0.1) is 0 Å². The summed E-state index contributed by atoms with van der Waals surface area (Å²) in [6.07, 6.45) is 3.59. The van der Waals surface area contributed by atoms with Crippen molar-refractivity contribution in [1.82, 2.24) is 4.90 Å². The maximum absolute atomic E-state index is 12.5. The van der Waals surface area contributed by atoms with Gasteiger partial charge in [0, 0.05) is 54.7 Å². The van der Waals surface area contributed by atoms with Gasteiger partial charge >= 0.3 is 0 Å². The van der Waals surface area contributed by atoms with Crippen LogP contribution in [0.15, 0.2) is 91.1 Å². The zero-order valence-corrected chi connectivity index (χ0v) is 16.9. The number of nitrogens with zero attached hydrogens (tertiary/aromatic N) is 2. The van der Waals surface area contributed by atoms with E-state index in [9.17, 15) is 4.79 Å². The topological polar surface area (TPSA) is 23.6 Å². The zero-order chi connectivity index (χ0) is 20.1. The fourth-order valence-electron chi connectivity index (χ4n) is 3.53. The maximum atomic E-state index is 12.5. The Hall–Kier alpha value is -3.04. The monoisotopic (exact) mass is 402 g/mol. The Morgan fingerprint density at radius 3 is 2.17 bits per heavy atom. The van der Waals surface area contributed by atoms with E-state index in [0.29, 0.717) is 5.56 Å². The average Bonchev–Trinajstić information content (AvgIpc) is 2.78. The molecule has 0 unspecified atom stereocenters. The van der Waals surface area contributed by atoms with Gasteiger partial charge in [0.1, 0.15) is 0 Å². The maximum Gasteiger partial charge on any atom is 0.187 e. The molecule has 0 atom stereocenters. The van der Waals surface area contributed by atoms with Crippen LogP contribution in [0.3, 0.4) is 0 Å². The first kappa shape index (κ1) is 19.3. The van der Waals surface area contributed by atoms with Crippen LogP contribution in [0.5, 0.6) is 0 Å². The van der Waals surface area contributed by atoms with Gasteiger partial charge in [0.15, 0.2) is 5.78 Å². The molecule has 0 spiro atoms. The third kappa shape index (κ3) is 4.87. The van der Waals surface area contributed by atoms with E-state index in [1.165, 1.54) is 0 Å². The highest BCUT2D eigenvalue weighted by Crippen LogP contribution is 2.21. The SMILES string of the molecule is O=C(/C=C/N1CCN(c2cccc(Cl)c2)CC1)c1ccc(-c2ccccc2)cc1. The molecular formula is C25H23ClN2O. The van der Waals surface area contributed by atoms with Crippen LogP contribution < -0.4 is 4.90 Å². The van der Waals surface area contributed by atoms with Crippen LogP contribution in [0.4, 0.5) is 5.69 Å². The van der Waals surface area contributed by atoms with E-state index in [2.05, 4.69) is 28.0 Å².